The number of nitrogens with one attached hydrogen (secondary N) is 2. The fourth-order valence-corrected chi connectivity index (χ4v) is 2.23. The Labute approximate surface area is 198 Å². The predicted octanol–water partition coefficient (Wildman–Crippen LogP) is 4.38. The number of amides is 2. The van der Waals surface area contributed by atoms with Crippen molar-refractivity contribution in [3.63, 3.8) is 0 Å². The molecule has 6 nitrogen and oxygen atoms in total. The minimum atomic E-state index is -6.88. The van der Waals surface area contributed by atoms with E-state index in [1.165, 1.54) is 6.92 Å². The van der Waals surface area contributed by atoms with Crippen molar-refractivity contribution in [1.29, 1.82) is 0 Å². The molecular weight excluding hydrogens is 562 g/mol. The van der Waals surface area contributed by atoms with E-state index in [0.29, 0.717) is 0 Å². The van der Waals surface area contributed by atoms with Gasteiger partial charge in [-0.05, 0) is 25.7 Å². The molecule has 0 aliphatic carbocycles. The first-order valence-corrected chi connectivity index (χ1v) is 9.80. The number of ether oxygens (including phenoxy) is 1. The average molecular weight is 580 g/mol. The molecule has 0 spiro atoms. The van der Waals surface area contributed by atoms with Crippen molar-refractivity contribution in [1.82, 2.24) is 10.6 Å². The standard InChI is InChI=1S/C17H18F14N2O4/c1-2-7-37-9(34)8(33-11(36)13(20,21)15(24,25)17(29,30)31)5-3-4-6-32-10(35)12(18,19)14(22,23)16(26,27)28/h8H,2-7H2,1H3,(H,32,35)(H,33,36). The van der Waals surface area contributed by atoms with Crippen LogP contribution in [0.2, 0.25) is 0 Å². The van der Waals surface area contributed by atoms with Gasteiger partial charge in [0.15, 0.2) is 0 Å². The third kappa shape index (κ3) is 7.71. The van der Waals surface area contributed by atoms with Gasteiger partial charge in [-0.15, -0.1) is 0 Å². The number of carbonyl (C=O) groups excluding carboxylic acids is 3. The molecule has 0 aliphatic rings. The van der Waals surface area contributed by atoms with Gasteiger partial charge in [-0.25, -0.2) is 4.79 Å². The van der Waals surface area contributed by atoms with Crippen LogP contribution in [0.25, 0.3) is 0 Å². The van der Waals surface area contributed by atoms with E-state index in [9.17, 15) is 75.8 Å². The third-order valence-corrected chi connectivity index (χ3v) is 4.31. The van der Waals surface area contributed by atoms with Gasteiger partial charge in [-0.2, -0.15) is 61.5 Å². The monoisotopic (exact) mass is 580 g/mol. The number of alkyl halides is 14. The van der Waals surface area contributed by atoms with E-state index in [-0.39, 0.29) is 6.42 Å². The van der Waals surface area contributed by atoms with Gasteiger partial charge in [0.05, 0.1) is 6.61 Å². The van der Waals surface area contributed by atoms with Crippen LogP contribution < -0.4 is 10.6 Å². The maximum absolute atomic E-state index is 13.5. The van der Waals surface area contributed by atoms with Crippen LogP contribution in [0, 0.1) is 0 Å². The molecule has 0 aromatic carbocycles. The highest BCUT2D eigenvalue weighted by atomic mass is 19.4. The molecule has 0 aromatic rings. The van der Waals surface area contributed by atoms with Crippen LogP contribution in [0.5, 0.6) is 0 Å². The first kappa shape index (κ1) is 34.4. The lowest BCUT2D eigenvalue weighted by Gasteiger charge is -2.28. The lowest BCUT2D eigenvalue weighted by molar-refractivity contribution is -0.344. The summed E-state index contributed by atoms with van der Waals surface area (Å²) >= 11 is 0. The Morgan fingerprint density at radius 1 is 0.703 bits per heavy atom. The molecule has 2 amide bonds. The van der Waals surface area contributed by atoms with E-state index in [0.717, 1.165) is 10.6 Å². The fourth-order valence-electron chi connectivity index (χ4n) is 2.23. The molecule has 0 aromatic heterocycles. The van der Waals surface area contributed by atoms with Crippen molar-refractivity contribution < 1.29 is 80.6 Å². The smallest absolute Gasteiger partial charge is 0.460 e. The van der Waals surface area contributed by atoms with Gasteiger partial charge in [0.2, 0.25) is 0 Å². The van der Waals surface area contributed by atoms with Gasteiger partial charge in [0, 0.05) is 6.54 Å². The number of carbonyl (C=O) groups is 3. The van der Waals surface area contributed by atoms with Crippen LogP contribution in [0.4, 0.5) is 61.5 Å². The van der Waals surface area contributed by atoms with Crippen LogP contribution in [0.1, 0.15) is 32.6 Å². The number of unbranched alkanes of at least 4 members (excludes halogenated alkanes) is 1. The fraction of sp³-hybridized carbons (Fsp3) is 0.824. The topological polar surface area (TPSA) is 84.5 Å². The van der Waals surface area contributed by atoms with Crippen LogP contribution in [-0.2, 0) is 19.1 Å². The maximum atomic E-state index is 13.5. The van der Waals surface area contributed by atoms with Gasteiger partial charge >= 0.3 is 42.0 Å². The van der Waals surface area contributed by atoms with Crippen LogP contribution in [-0.4, -0.2) is 73.0 Å². The quantitative estimate of drug-likeness (QED) is 0.193. The van der Waals surface area contributed by atoms with Crippen molar-refractivity contribution in [2.75, 3.05) is 13.2 Å². The molecule has 0 heterocycles. The molecule has 0 rings (SSSR count). The summed E-state index contributed by atoms with van der Waals surface area (Å²) in [6.45, 7) is -0.0894. The lowest BCUT2D eigenvalue weighted by atomic mass is 10.1. The molecule has 0 bridgehead atoms. The molecule has 1 atom stereocenters. The molecule has 1 unspecified atom stereocenters. The highest BCUT2D eigenvalue weighted by Crippen LogP contribution is 2.47. The highest BCUT2D eigenvalue weighted by Gasteiger charge is 2.77. The zero-order valence-corrected chi connectivity index (χ0v) is 18.2. The minimum Gasteiger partial charge on any atom is -0.464 e. The zero-order chi connectivity index (χ0) is 29.7. The molecule has 0 aliphatic heterocycles. The van der Waals surface area contributed by atoms with Crippen LogP contribution >= 0.6 is 0 Å². The molecule has 0 fully saturated rings. The van der Waals surface area contributed by atoms with Crippen LogP contribution in [0.15, 0.2) is 0 Å². The summed E-state index contributed by atoms with van der Waals surface area (Å²) < 4.78 is 182. The number of hydrogen-bond donors (Lipinski definition) is 2. The molecule has 2 N–H and O–H groups in total. The minimum absolute atomic E-state index is 0.0948. The lowest BCUT2D eigenvalue weighted by Crippen LogP contribution is -2.61. The summed E-state index contributed by atoms with van der Waals surface area (Å²) in [4.78, 5) is 34.4. The van der Waals surface area contributed by atoms with Crippen molar-refractivity contribution in [2.24, 2.45) is 0 Å². The Hall–Kier alpha value is -2.57. The van der Waals surface area contributed by atoms with E-state index in [4.69, 9.17) is 0 Å². The number of hydrogen-bond acceptors (Lipinski definition) is 4. The number of halogens is 14. The van der Waals surface area contributed by atoms with E-state index >= 15 is 0 Å². The van der Waals surface area contributed by atoms with E-state index < -0.39 is 92.3 Å². The van der Waals surface area contributed by atoms with Crippen molar-refractivity contribution in [2.45, 2.75) is 74.7 Å². The summed E-state index contributed by atoms with van der Waals surface area (Å²) in [5, 5.41) is 1.95. The van der Waals surface area contributed by atoms with Crippen LogP contribution in [0.3, 0.4) is 0 Å². The van der Waals surface area contributed by atoms with E-state index in [1.807, 2.05) is 0 Å². The first-order valence-electron chi connectivity index (χ1n) is 9.80. The Balaban J connectivity index is 5.28. The summed E-state index contributed by atoms with van der Waals surface area (Å²) in [6, 6.07) is -2.30. The van der Waals surface area contributed by atoms with Gasteiger partial charge in [0.1, 0.15) is 6.04 Å². The largest absolute Gasteiger partial charge is 0.464 e. The second kappa shape index (κ2) is 11.9. The maximum Gasteiger partial charge on any atom is 0.460 e. The molecule has 0 radical (unpaired) electrons. The molecule has 20 heteroatoms. The molecule has 0 saturated heterocycles. The zero-order valence-electron chi connectivity index (χ0n) is 18.2. The summed E-state index contributed by atoms with van der Waals surface area (Å²) in [6.07, 6.45) is -15.8. The highest BCUT2D eigenvalue weighted by molar-refractivity contribution is 5.89. The number of rotatable bonds is 13. The predicted molar refractivity (Wildman–Crippen MR) is 91.9 cm³/mol. The SMILES string of the molecule is CCCOC(=O)C(CCCCNC(=O)C(F)(F)C(F)(F)C(F)(F)F)NC(=O)C(F)(F)C(F)(F)C(F)(F)F. The average Bonchev–Trinajstić information content (AvgIpc) is 2.73. The van der Waals surface area contributed by atoms with E-state index in [2.05, 4.69) is 4.74 Å². The summed E-state index contributed by atoms with van der Waals surface area (Å²) in [5.74, 6) is -34.2. The van der Waals surface area contributed by atoms with E-state index in [1.54, 1.807) is 0 Å². The Morgan fingerprint density at radius 3 is 1.54 bits per heavy atom. The summed E-state index contributed by atoms with van der Waals surface area (Å²) in [7, 11) is 0. The molecule has 218 valence electrons. The third-order valence-electron chi connectivity index (χ3n) is 4.31. The van der Waals surface area contributed by atoms with Gasteiger partial charge in [-0.3, -0.25) is 9.59 Å². The van der Waals surface area contributed by atoms with Gasteiger partial charge in [0.25, 0.3) is 11.8 Å². The second-order valence-electron chi connectivity index (χ2n) is 7.24. The van der Waals surface area contributed by atoms with Gasteiger partial charge < -0.3 is 15.4 Å². The van der Waals surface area contributed by atoms with Gasteiger partial charge in [-0.1, -0.05) is 6.92 Å². The Morgan fingerprint density at radius 2 is 1.14 bits per heavy atom. The Bertz CT molecular complexity index is 811. The molecule has 37 heavy (non-hydrogen) atoms. The summed E-state index contributed by atoms with van der Waals surface area (Å²) in [5.41, 5.74) is 0. The van der Waals surface area contributed by atoms with Crippen molar-refractivity contribution >= 4 is 17.8 Å². The molecule has 0 saturated carbocycles. The Kier molecular flexibility index (Phi) is 11.0. The van der Waals surface area contributed by atoms with Crippen molar-refractivity contribution in [3.8, 4) is 0 Å². The number of esters is 1. The van der Waals surface area contributed by atoms with Crippen molar-refractivity contribution in [3.05, 3.63) is 0 Å². The molecular formula is C17H18F14N2O4. The first-order chi connectivity index (χ1) is 16.4. The normalized spacial score (nSPS) is 14.7. The second-order valence-corrected chi connectivity index (χ2v) is 7.24.